The fourth-order valence-corrected chi connectivity index (χ4v) is 4.56. The third-order valence-electron chi connectivity index (χ3n) is 5.97. The molecule has 2 aromatic carbocycles. The van der Waals surface area contributed by atoms with Gasteiger partial charge in [0, 0.05) is 30.4 Å². The average molecular weight is 487 g/mol. The van der Waals surface area contributed by atoms with Crippen molar-refractivity contribution >= 4 is 23.0 Å². The van der Waals surface area contributed by atoms with Gasteiger partial charge in [-0.2, -0.15) is 0 Å². The quantitative estimate of drug-likeness (QED) is 0.210. The molecule has 1 fully saturated rings. The summed E-state index contributed by atoms with van der Waals surface area (Å²) in [5.41, 5.74) is 2.55. The molecule has 2 atom stereocenters. The molecule has 1 N–H and O–H groups in total. The number of nitrogens with one attached hydrogen (secondary N) is 1. The van der Waals surface area contributed by atoms with E-state index in [1.165, 1.54) is 12.1 Å². The molecule has 0 bridgehead atoms. The molecule has 0 saturated carbocycles. The van der Waals surface area contributed by atoms with Crippen LogP contribution < -0.4 is 10.1 Å². The molecule has 35 heavy (non-hydrogen) atoms. The number of aromatic nitrogens is 1. The van der Waals surface area contributed by atoms with E-state index < -0.39 is 4.92 Å². The first-order valence-electron chi connectivity index (χ1n) is 11.0. The monoisotopic (exact) mass is 486 g/mol. The van der Waals surface area contributed by atoms with Crippen LogP contribution in [0.2, 0.25) is 0 Å². The predicted octanol–water partition coefficient (Wildman–Crippen LogP) is 5.43. The number of benzene rings is 2. The Labute approximate surface area is 207 Å². The van der Waals surface area contributed by atoms with E-state index in [2.05, 4.69) is 15.2 Å². The molecular weight excluding hydrogens is 464 g/mol. The van der Waals surface area contributed by atoms with Gasteiger partial charge < -0.3 is 19.4 Å². The Bertz CT molecular complexity index is 1360. The van der Waals surface area contributed by atoms with Gasteiger partial charge in [-0.15, -0.1) is 0 Å². The zero-order valence-corrected chi connectivity index (χ0v) is 19.6. The minimum absolute atomic E-state index is 0.0108. The summed E-state index contributed by atoms with van der Waals surface area (Å²) in [7, 11) is 1.64. The Morgan fingerprint density at radius 3 is 2.66 bits per heavy atom. The summed E-state index contributed by atoms with van der Waals surface area (Å²) >= 11 is 5.73. The first-order chi connectivity index (χ1) is 17.0. The molecule has 1 aliphatic rings. The van der Waals surface area contributed by atoms with Gasteiger partial charge in [0.2, 0.25) is 0 Å². The Kier molecular flexibility index (Phi) is 6.15. The highest BCUT2D eigenvalue weighted by molar-refractivity contribution is 7.80. The summed E-state index contributed by atoms with van der Waals surface area (Å²) in [4.78, 5) is 17.4. The van der Waals surface area contributed by atoms with Crippen LogP contribution in [-0.2, 0) is 6.54 Å². The molecule has 3 heterocycles. The summed E-state index contributed by atoms with van der Waals surface area (Å²) in [6, 6.07) is 23.2. The molecule has 1 saturated heterocycles. The Morgan fingerprint density at radius 1 is 1.11 bits per heavy atom. The molecule has 0 aliphatic carbocycles. The summed E-state index contributed by atoms with van der Waals surface area (Å²) in [6.45, 7) is 0.552. The van der Waals surface area contributed by atoms with Crippen molar-refractivity contribution < 1.29 is 14.1 Å². The number of nitrogens with zero attached hydrogens (tertiary/aromatic N) is 3. The summed E-state index contributed by atoms with van der Waals surface area (Å²) < 4.78 is 11.6. The highest BCUT2D eigenvalue weighted by atomic mass is 32.1. The first-order valence-corrected chi connectivity index (χ1v) is 11.4. The normalized spacial score (nSPS) is 17.3. The molecule has 2 aromatic heterocycles. The Balaban J connectivity index is 1.51. The van der Waals surface area contributed by atoms with Gasteiger partial charge in [-0.25, -0.2) is 0 Å². The van der Waals surface area contributed by atoms with Crippen LogP contribution in [0.5, 0.6) is 5.75 Å². The number of hydrogen-bond acceptors (Lipinski definition) is 6. The fourth-order valence-electron chi connectivity index (χ4n) is 4.25. The second-order valence-corrected chi connectivity index (χ2v) is 8.50. The number of nitro groups is 1. The Morgan fingerprint density at radius 2 is 1.94 bits per heavy atom. The number of pyridine rings is 1. The molecule has 0 unspecified atom stereocenters. The van der Waals surface area contributed by atoms with Gasteiger partial charge >= 0.3 is 0 Å². The van der Waals surface area contributed by atoms with Crippen LogP contribution in [0.4, 0.5) is 5.69 Å². The van der Waals surface area contributed by atoms with E-state index in [9.17, 15) is 10.1 Å². The second kappa shape index (κ2) is 9.55. The molecule has 0 amide bonds. The summed E-state index contributed by atoms with van der Waals surface area (Å²) in [6.07, 6.45) is 1.75. The largest absolute Gasteiger partial charge is 0.497 e. The molecule has 176 valence electrons. The van der Waals surface area contributed by atoms with Gasteiger partial charge in [-0.1, -0.05) is 30.3 Å². The van der Waals surface area contributed by atoms with E-state index in [-0.39, 0.29) is 17.8 Å². The number of furan rings is 1. The maximum Gasteiger partial charge on any atom is 0.270 e. The molecule has 4 aromatic rings. The second-order valence-electron chi connectivity index (χ2n) is 8.11. The highest BCUT2D eigenvalue weighted by Gasteiger charge is 2.41. The maximum atomic E-state index is 11.2. The van der Waals surface area contributed by atoms with Crippen LogP contribution >= 0.6 is 12.2 Å². The van der Waals surface area contributed by atoms with Crippen molar-refractivity contribution in [3.8, 4) is 17.1 Å². The van der Waals surface area contributed by atoms with Gasteiger partial charge in [-0.05, 0) is 54.2 Å². The van der Waals surface area contributed by atoms with Gasteiger partial charge in [-0.3, -0.25) is 15.1 Å². The number of rotatable bonds is 7. The van der Waals surface area contributed by atoms with Crippen molar-refractivity contribution in [3.63, 3.8) is 0 Å². The lowest BCUT2D eigenvalue weighted by molar-refractivity contribution is -0.384. The zero-order valence-electron chi connectivity index (χ0n) is 18.8. The van der Waals surface area contributed by atoms with Crippen molar-refractivity contribution in [2.45, 2.75) is 18.6 Å². The molecule has 8 nitrogen and oxygen atoms in total. The van der Waals surface area contributed by atoms with E-state index in [0.717, 1.165) is 17.0 Å². The number of methoxy groups -OCH3 is 1. The zero-order chi connectivity index (χ0) is 24.4. The minimum Gasteiger partial charge on any atom is -0.497 e. The van der Waals surface area contributed by atoms with Crippen LogP contribution in [0, 0.1) is 10.1 Å². The molecule has 1 aliphatic heterocycles. The van der Waals surface area contributed by atoms with Gasteiger partial charge in [0.15, 0.2) is 5.11 Å². The lowest BCUT2D eigenvalue weighted by atomic mass is 10.0. The number of thiocarbonyl (C=S) groups is 1. The standard InChI is InChI=1S/C26H22N4O4S/c1-33-20-10-8-17(9-11-20)16-29-25(24(28-26(29)35)21-7-2-3-14-27-21)23-13-12-22(34-23)18-5-4-6-19(15-18)30(31)32/h2-15,24-25H,16H2,1H3,(H,28,35)/t24-,25-/m1/s1. The van der Waals surface area contributed by atoms with Crippen LogP contribution in [-0.4, -0.2) is 27.0 Å². The lowest BCUT2D eigenvalue weighted by Crippen LogP contribution is -2.29. The van der Waals surface area contributed by atoms with Gasteiger partial charge in [0.1, 0.15) is 23.3 Å². The van der Waals surface area contributed by atoms with E-state index in [1.807, 2.05) is 54.6 Å². The SMILES string of the molecule is COc1ccc(CN2C(=S)N[C@H](c3ccccn3)[C@H]2c2ccc(-c3cccc([N+](=O)[O-])c3)o2)cc1. The maximum absolute atomic E-state index is 11.2. The third kappa shape index (κ3) is 4.58. The summed E-state index contributed by atoms with van der Waals surface area (Å²) in [5.74, 6) is 2.01. The van der Waals surface area contributed by atoms with E-state index in [0.29, 0.717) is 28.7 Å². The number of non-ortho nitro benzene ring substituents is 1. The van der Waals surface area contributed by atoms with Crippen molar-refractivity contribution in [2.24, 2.45) is 0 Å². The Hall–Kier alpha value is -4.24. The highest BCUT2D eigenvalue weighted by Crippen LogP contribution is 2.41. The van der Waals surface area contributed by atoms with Crippen molar-refractivity contribution in [1.82, 2.24) is 15.2 Å². The molecule has 9 heteroatoms. The summed E-state index contributed by atoms with van der Waals surface area (Å²) in [5, 5.41) is 15.2. The van der Waals surface area contributed by atoms with Gasteiger partial charge in [0.05, 0.1) is 23.8 Å². The average Bonchev–Trinajstić information content (AvgIpc) is 3.50. The van der Waals surface area contributed by atoms with Crippen molar-refractivity contribution in [2.75, 3.05) is 7.11 Å². The number of hydrogen-bond donors (Lipinski definition) is 1. The topological polar surface area (TPSA) is 93.7 Å². The number of nitro benzene ring substituents is 1. The van der Waals surface area contributed by atoms with Crippen molar-refractivity contribution in [3.05, 3.63) is 112 Å². The minimum atomic E-state index is -0.416. The third-order valence-corrected chi connectivity index (χ3v) is 6.32. The van der Waals surface area contributed by atoms with Crippen LogP contribution in [0.1, 0.15) is 29.1 Å². The lowest BCUT2D eigenvalue weighted by Gasteiger charge is -2.26. The molecule has 0 radical (unpaired) electrons. The van der Waals surface area contributed by atoms with E-state index >= 15 is 0 Å². The van der Waals surface area contributed by atoms with Crippen molar-refractivity contribution in [1.29, 1.82) is 0 Å². The van der Waals surface area contributed by atoms with E-state index in [1.54, 1.807) is 25.4 Å². The molecular formula is C26H22N4O4S. The number of ether oxygens (including phenoxy) is 1. The first kappa shape index (κ1) is 22.5. The molecule has 5 rings (SSSR count). The smallest absolute Gasteiger partial charge is 0.270 e. The predicted molar refractivity (Wildman–Crippen MR) is 135 cm³/mol. The fraction of sp³-hybridized carbons (Fsp3) is 0.154. The van der Waals surface area contributed by atoms with Gasteiger partial charge in [0.25, 0.3) is 5.69 Å². The van der Waals surface area contributed by atoms with Crippen LogP contribution in [0.3, 0.4) is 0 Å². The van der Waals surface area contributed by atoms with Crippen LogP contribution in [0.15, 0.2) is 89.5 Å². The van der Waals surface area contributed by atoms with E-state index in [4.69, 9.17) is 21.4 Å². The molecule has 0 spiro atoms. The van der Waals surface area contributed by atoms with Crippen LogP contribution in [0.25, 0.3) is 11.3 Å².